The van der Waals surface area contributed by atoms with Crippen LogP contribution < -0.4 is 0 Å². The first-order valence-corrected chi connectivity index (χ1v) is 3.63. The maximum atomic E-state index is 8.70. The average molecular weight is 151 g/mol. The van der Waals surface area contributed by atoms with Gasteiger partial charge in [0.1, 0.15) is 11.6 Å². The normalized spacial score (nSPS) is 8.92. The van der Waals surface area contributed by atoms with Crippen LogP contribution in [0.25, 0.3) is 11.1 Å². The Bertz CT molecular complexity index is 412. The van der Waals surface area contributed by atoms with E-state index >= 15 is 0 Å². The van der Waals surface area contributed by atoms with Crippen molar-refractivity contribution >= 4 is 0 Å². The third-order valence-electron chi connectivity index (χ3n) is 1.74. The van der Waals surface area contributed by atoms with Gasteiger partial charge in [-0.15, -0.1) is 0 Å². The van der Waals surface area contributed by atoms with Crippen LogP contribution in [-0.4, -0.2) is 0 Å². The lowest BCUT2D eigenvalue weighted by molar-refractivity contribution is 1.51. The molecule has 0 aliphatic heterocycles. The molecule has 0 bridgehead atoms. The number of nitrogens with zero attached hydrogens (tertiary/aromatic N) is 1. The van der Waals surface area contributed by atoms with Crippen LogP contribution in [-0.2, 0) is 0 Å². The predicted octanol–water partition coefficient (Wildman–Crippen LogP) is 2.26. The first kappa shape index (κ1) is 6.70. The van der Waals surface area contributed by atoms with Crippen molar-refractivity contribution in [1.82, 2.24) is 0 Å². The molecule has 54 valence electrons. The van der Waals surface area contributed by atoms with E-state index in [1.54, 1.807) is 0 Å². The lowest BCUT2D eigenvalue weighted by atomic mass is 10.1. The summed E-state index contributed by atoms with van der Waals surface area (Å²) in [6.45, 7) is 0. The van der Waals surface area contributed by atoms with Crippen molar-refractivity contribution in [3.63, 3.8) is 0 Å². The fourth-order valence-electron chi connectivity index (χ4n) is 1.16. The fraction of sp³-hybridized carbons (Fsp3) is 0. The van der Waals surface area contributed by atoms with Crippen LogP contribution in [0.15, 0.2) is 30.3 Å². The lowest BCUT2D eigenvalue weighted by Crippen LogP contribution is -1.71. The summed E-state index contributed by atoms with van der Waals surface area (Å²) in [5.41, 5.74) is 2.43. The fourth-order valence-corrected chi connectivity index (χ4v) is 1.16. The molecule has 2 aliphatic rings. The van der Waals surface area contributed by atoms with Crippen molar-refractivity contribution in [1.29, 1.82) is 5.26 Å². The van der Waals surface area contributed by atoms with Gasteiger partial charge in [0, 0.05) is 11.1 Å². The molecule has 1 heteroatoms. The lowest BCUT2D eigenvalue weighted by Gasteiger charge is -1.87. The highest BCUT2D eigenvalue weighted by Crippen LogP contribution is 2.21. The molecule has 0 atom stereocenters. The molecule has 1 nitrogen and oxygen atoms in total. The molecule has 0 saturated carbocycles. The second kappa shape index (κ2) is 2.57. The van der Waals surface area contributed by atoms with Gasteiger partial charge in [0.25, 0.3) is 0 Å². The molecule has 0 spiro atoms. The Hall–Kier alpha value is -1.99. The molecule has 0 aromatic carbocycles. The van der Waals surface area contributed by atoms with Crippen molar-refractivity contribution < 1.29 is 0 Å². The summed E-state index contributed by atoms with van der Waals surface area (Å²) in [6.07, 6.45) is 0. The molecule has 0 saturated heterocycles. The molecule has 0 unspecified atom stereocenters. The zero-order chi connectivity index (χ0) is 8.39. The summed E-state index contributed by atoms with van der Waals surface area (Å²) in [6, 6.07) is 17.4. The molecule has 0 heterocycles. The zero-order valence-corrected chi connectivity index (χ0v) is 6.33. The standard InChI is InChI=1S/C11H5N/c12-8-10-7-6-9-4-2-1-3-5-11(9)10/h1-5H. The summed E-state index contributed by atoms with van der Waals surface area (Å²) in [5.74, 6) is 0. The van der Waals surface area contributed by atoms with Crippen LogP contribution >= 0.6 is 0 Å². The Morgan fingerprint density at radius 2 is 1.92 bits per heavy atom. The Labute approximate surface area is 71.2 Å². The first-order chi connectivity index (χ1) is 5.92. The average Bonchev–Trinajstić information content (AvgIpc) is 2.33. The van der Waals surface area contributed by atoms with E-state index in [1.807, 2.05) is 30.3 Å². The predicted molar refractivity (Wildman–Crippen MR) is 45.5 cm³/mol. The highest BCUT2D eigenvalue weighted by atomic mass is 14.2. The Morgan fingerprint density at radius 3 is 2.75 bits per heavy atom. The molecule has 0 fully saturated rings. The van der Waals surface area contributed by atoms with E-state index in [0.717, 1.165) is 11.1 Å². The van der Waals surface area contributed by atoms with Gasteiger partial charge >= 0.3 is 0 Å². The number of hydrogen-bond donors (Lipinski definition) is 0. The first-order valence-electron chi connectivity index (χ1n) is 3.63. The summed E-state index contributed by atoms with van der Waals surface area (Å²) in [7, 11) is 0. The van der Waals surface area contributed by atoms with E-state index in [1.165, 1.54) is 0 Å². The van der Waals surface area contributed by atoms with Crippen LogP contribution in [0.2, 0.25) is 0 Å². The van der Waals surface area contributed by atoms with Crippen molar-refractivity contribution in [2.75, 3.05) is 0 Å². The number of hydrogen-bond acceptors (Lipinski definition) is 1. The van der Waals surface area contributed by atoms with Gasteiger partial charge in [0.05, 0.1) is 0 Å². The van der Waals surface area contributed by atoms with Gasteiger partial charge in [0.15, 0.2) is 0 Å². The van der Waals surface area contributed by atoms with Gasteiger partial charge in [-0.1, -0.05) is 30.3 Å². The maximum Gasteiger partial charge on any atom is 0.111 e. The minimum atomic E-state index is 0.571. The number of nitriles is 1. The number of fused-ring (bicyclic) bond motifs is 1. The Kier molecular flexibility index (Phi) is 1.43. The second-order valence-electron chi connectivity index (χ2n) is 2.47. The van der Waals surface area contributed by atoms with E-state index in [2.05, 4.69) is 18.2 Å². The van der Waals surface area contributed by atoms with Gasteiger partial charge in [-0.3, -0.25) is 0 Å². The van der Waals surface area contributed by atoms with Crippen LogP contribution in [0.1, 0.15) is 5.56 Å². The minimum absolute atomic E-state index is 0.571. The highest BCUT2D eigenvalue weighted by molar-refractivity contribution is 5.70. The van der Waals surface area contributed by atoms with Gasteiger partial charge in [-0.2, -0.15) is 5.26 Å². The quantitative estimate of drug-likeness (QED) is 0.566. The van der Waals surface area contributed by atoms with Crippen LogP contribution in [0.4, 0.5) is 0 Å². The van der Waals surface area contributed by atoms with E-state index in [4.69, 9.17) is 5.26 Å². The van der Waals surface area contributed by atoms with Crippen molar-refractivity contribution in [3.05, 3.63) is 48.0 Å². The third kappa shape index (κ3) is 0.892. The zero-order valence-electron chi connectivity index (χ0n) is 6.33. The molecule has 0 aromatic heterocycles. The summed E-state index contributed by atoms with van der Waals surface area (Å²) >= 11 is 0. The van der Waals surface area contributed by atoms with Crippen molar-refractivity contribution in [3.8, 4) is 17.2 Å². The summed E-state index contributed by atoms with van der Waals surface area (Å²) < 4.78 is 0. The highest BCUT2D eigenvalue weighted by Gasteiger charge is 2.04. The van der Waals surface area contributed by atoms with Crippen LogP contribution in [0.5, 0.6) is 0 Å². The number of rotatable bonds is 0. The van der Waals surface area contributed by atoms with Gasteiger partial charge in [0.2, 0.25) is 0 Å². The second-order valence-corrected chi connectivity index (χ2v) is 2.47. The minimum Gasteiger partial charge on any atom is -0.192 e. The maximum absolute atomic E-state index is 8.70. The summed E-state index contributed by atoms with van der Waals surface area (Å²) in [4.78, 5) is 0. The molecule has 0 aromatic rings. The third-order valence-corrected chi connectivity index (χ3v) is 1.74. The van der Waals surface area contributed by atoms with Crippen molar-refractivity contribution in [2.24, 2.45) is 0 Å². The van der Waals surface area contributed by atoms with Gasteiger partial charge in [-0.05, 0) is 12.1 Å². The molecule has 12 heavy (non-hydrogen) atoms. The smallest absolute Gasteiger partial charge is 0.111 e. The molecule has 2 aliphatic carbocycles. The largest absolute Gasteiger partial charge is 0.192 e. The molecule has 0 radical (unpaired) electrons. The monoisotopic (exact) mass is 151 g/mol. The molecule has 0 N–H and O–H groups in total. The van der Waals surface area contributed by atoms with Gasteiger partial charge in [-0.25, -0.2) is 0 Å². The molecule has 2 rings (SSSR count). The molecule has 0 amide bonds. The van der Waals surface area contributed by atoms with E-state index in [9.17, 15) is 0 Å². The van der Waals surface area contributed by atoms with E-state index in [0.29, 0.717) is 5.56 Å². The SMILES string of the molecule is N#Cc1c#cc2cccccc1-2. The molecular formula is C11H5N. The van der Waals surface area contributed by atoms with Gasteiger partial charge < -0.3 is 0 Å². The Balaban J connectivity index is 2.75. The summed E-state index contributed by atoms with van der Waals surface area (Å²) in [5, 5.41) is 8.70. The topological polar surface area (TPSA) is 23.8 Å². The van der Waals surface area contributed by atoms with Crippen LogP contribution in [0, 0.1) is 23.5 Å². The van der Waals surface area contributed by atoms with E-state index < -0.39 is 0 Å². The van der Waals surface area contributed by atoms with E-state index in [-0.39, 0.29) is 0 Å². The van der Waals surface area contributed by atoms with Crippen LogP contribution in [0.3, 0.4) is 0 Å². The Morgan fingerprint density at radius 1 is 1.08 bits per heavy atom. The molecular weight excluding hydrogens is 146 g/mol. The van der Waals surface area contributed by atoms with Crippen molar-refractivity contribution in [2.45, 2.75) is 0 Å².